The average molecular weight is 399 g/mol. The molecule has 0 aliphatic heterocycles. The molecule has 3 heteroatoms. The first-order valence-corrected chi connectivity index (χ1v) is 11.0. The molecule has 0 bridgehead atoms. The molecule has 3 nitrogen and oxygen atoms in total. The lowest BCUT2D eigenvalue weighted by atomic mass is 9.86. The summed E-state index contributed by atoms with van der Waals surface area (Å²) in [6.45, 7) is 9.88. The maximum absolute atomic E-state index is 10.0. The molecule has 1 aromatic carbocycles. The van der Waals surface area contributed by atoms with E-state index in [0.29, 0.717) is 12.8 Å². The van der Waals surface area contributed by atoms with Gasteiger partial charge in [0.2, 0.25) is 0 Å². The van der Waals surface area contributed by atoms with Crippen molar-refractivity contribution in [2.24, 2.45) is 0 Å². The third-order valence-electron chi connectivity index (χ3n) is 5.68. The Morgan fingerprint density at radius 2 is 1.97 bits per heavy atom. The van der Waals surface area contributed by atoms with Gasteiger partial charge in [-0.05, 0) is 73.8 Å². The number of aliphatic hydroxyl groups is 3. The zero-order valence-electron chi connectivity index (χ0n) is 18.3. The van der Waals surface area contributed by atoms with E-state index in [4.69, 9.17) is 0 Å². The number of rotatable bonds is 9. The summed E-state index contributed by atoms with van der Waals surface area (Å²) in [5, 5.41) is 29.8. The lowest BCUT2D eigenvalue weighted by Crippen LogP contribution is -2.26. The molecule has 1 saturated carbocycles. The fourth-order valence-electron chi connectivity index (χ4n) is 3.87. The fraction of sp³-hybridized carbons (Fsp3) is 0.538. The summed E-state index contributed by atoms with van der Waals surface area (Å²) in [5.74, 6) is 0. The van der Waals surface area contributed by atoms with Crippen LogP contribution in [-0.2, 0) is 6.42 Å². The minimum Gasteiger partial charge on any atom is -0.393 e. The van der Waals surface area contributed by atoms with Crippen LogP contribution in [0, 0.1) is 0 Å². The number of hydrogen-bond donors (Lipinski definition) is 3. The number of aryl methyl sites for hydroxylation is 1. The summed E-state index contributed by atoms with van der Waals surface area (Å²) in [6.07, 6.45) is 10.0. The SMILES string of the molecule is C=C1C(=C/C=C(\CC)c2cccc(CCCCCC(C)(C)O)c2)C[C@@H](O)C[C@@H]1O. The van der Waals surface area contributed by atoms with Crippen molar-refractivity contribution in [3.05, 3.63) is 65.3 Å². The van der Waals surface area contributed by atoms with Crippen molar-refractivity contribution in [1.82, 2.24) is 0 Å². The normalized spacial score (nSPS) is 22.3. The Balaban J connectivity index is 2.02. The molecule has 1 aliphatic carbocycles. The molecule has 0 unspecified atom stereocenters. The van der Waals surface area contributed by atoms with E-state index in [1.807, 2.05) is 19.9 Å². The van der Waals surface area contributed by atoms with E-state index in [0.717, 1.165) is 49.7 Å². The molecule has 0 saturated heterocycles. The lowest BCUT2D eigenvalue weighted by Gasteiger charge is -2.26. The maximum atomic E-state index is 10.0. The van der Waals surface area contributed by atoms with Crippen molar-refractivity contribution in [3.63, 3.8) is 0 Å². The molecule has 0 spiro atoms. The van der Waals surface area contributed by atoms with E-state index in [1.54, 1.807) is 0 Å². The quantitative estimate of drug-likeness (QED) is 0.491. The van der Waals surface area contributed by atoms with Crippen LogP contribution >= 0.6 is 0 Å². The predicted octanol–water partition coefficient (Wildman–Crippen LogP) is 5.35. The standard InChI is InChI=1S/C26H38O3/c1-5-21(13-14-22-17-24(27)18-25(28)19(22)2)23-12-9-11-20(16-23)10-7-6-8-15-26(3,4)29/h9,11-14,16,24-25,27-29H,2,5-8,10,15,17-18H2,1,3-4H3/b21-13+,22-14?/t24-,25+/m1/s1. The van der Waals surface area contributed by atoms with Crippen LogP contribution in [0.25, 0.3) is 5.57 Å². The summed E-state index contributed by atoms with van der Waals surface area (Å²) >= 11 is 0. The highest BCUT2D eigenvalue weighted by Gasteiger charge is 2.24. The molecule has 0 aromatic heterocycles. The van der Waals surface area contributed by atoms with Gasteiger partial charge in [0, 0.05) is 6.42 Å². The molecule has 0 radical (unpaired) electrons. The van der Waals surface area contributed by atoms with E-state index in [9.17, 15) is 15.3 Å². The second kappa shape index (κ2) is 10.9. The number of aliphatic hydroxyl groups excluding tert-OH is 2. The smallest absolute Gasteiger partial charge is 0.0811 e. The fourth-order valence-corrected chi connectivity index (χ4v) is 3.87. The van der Waals surface area contributed by atoms with Gasteiger partial charge in [0.05, 0.1) is 17.8 Å². The minimum absolute atomic E-state index is 0.373. The van der Waals surface area contributed by atoms with Crippen molar-refractivity contribution < 1.29 is 15.3 Å². The summed E-state index contributed by atoms with van der Waals surface area (Å²) < 4.78 is 0. The second-order valence-electron chi connectivity index (χ2n) is 8.95. The first-order chi connectivity index (χ1) is 13.7. The Morgan fingerprint density at radius 3 is 2.66 bits per heavy atom. The van der Waals surface area contributed by atoms with Gasteiger partial charge in [-0.3, -0.25) is 0 Å². The maximum Gasteiger partial charge on any atom is 0.0811 e. The number of benzene rings is 1. The Labute approximate surface area is 176 Å². The zero-order valence-corrected chi connectivity index (χ0v) is 18.3. The second-order valence-corrected chi connectivity index (χ2v) is 8.95. The van der Waals surface area contributed by atoms with Crippen LogP contribution in [-0.4, -0.2) is 33.1 Å². The Morgan fingerprint density at radius 1 is 1.21 bits per heavy atom. The Bertz CT molecular complexity index is 737. The van der Waals surface area contributed by atoms with Crippen molar-refractivity contribution in [3.8, 4) is 0 Å². The topological polar surface area (TPSA) is 60.7 Å². The summed E-state index contributed by atoms with van der Waals surface area (Å²) in [6, 6.07) is 8.71. The molecule has 0 heterocycles. The van der Waals surface area contributed by atoms with Gasteiger partial charge in [-0.15, -0.1) is 0 Å². The van der Waals surface area contributed by atoms with E-state index in [2.05, 4.69) is 43.8 Å². The van der Waals surface area contributed by atoms with E-state index < -0.39 is 17.8 Å². The van der Waals surface area contributed by atoms with Crippen molar-refractivity contribution in [2.45, 2.75) is 89.9 Å². The molecule has 1 fully saturated rings. The van der Waals surface area contributed by atoms with E-state index in [-0.39, 0.29) is 0 Å². The van der Waals surface area contributed by atoms with Gasteiger partial charge in [0.25, 0.3) is 0 Å². The zero-order chi connectivity index (χ0) is 21.4. The first kappa shape index (κ1) is 23.6. The van der Waals surface area contributed by atoms with Gasteiger partial charge in [-0.1, -0.05) is 62.8 Å². The van der Waals surface area contributed by atoms with Crippen LogP contribution in [0.3, 0.4) is 0 Å². The van der Waals surface area contributed by atoms with Crippen molar-refractivity contribution >= 4 is 5.57 Å². The summed E-state index contributed by atoms with van der Waals surface area (Å²) in [7, 11) is 0. The lowest BCUT2D eigenvalue weighted by molar-refractivity contribution is 0.0680. The van der Waals surface area contributed by atoms with Crippen LogP contribution in [0.2, 0.25) is 0 Å². The predicted molar refractivity (Wildman–Crippen MR) is 122 cm³/mol. The average Bonchev–Trinajstić information content (AvgIpc) is 2.65. The van der Waals surface area contributed by atoms with E-state index >= 15 is 0 Å². The molecule has 0 amide bonds. The van der Waals surface area contributed by atoms with Gasteiger partial charge in [0.15, 0.2) is 0 Å². The molecular formula is C26H38O3. The van der Waals surface area contributed by atoms with Crippen LogP contribution < -0.4 is 0 Å². The molecule has 29 heavy (non-hydrogen) atoms. The molecule has 2 rings (SSSR count). The summed E-state index contributed by atoms with van der Waals surface area (Å²) in [4.78, 5) is 0. The largest absolute Gasteiger partial charge is 0.393 e. The van der Waals surface area contributed by atoms with Crippen LogP contribution in [0.5, 0.6) is 0 Å². The highest BCUT2D eigenvalue weighted by molar-refractivity contribution is 5.68. The number of hydrogen-bond acceptors (Lipinski definition) is 3. The van der Waals surface area contributed by atoms with Crippen LogP contribution in [0.1, 0.15) is 76.8 Å². The highest BCUT2D eigenvalue weighted by Crippen LogP contribution is 2.29. The van der Waals surface area contributed by atoms with Gasteiger partial charge in [-0.2, -0.15) is 0 Å². The molecule has 1 aromatic rings. The van der Waals surface area contributed by atoms with Gasteiger partial charge >= 0.3 is 0 Å². The highest BCUT2D eigenvalue weighted by atomic mass is 16.3. The van der Waals surface area contributed by atoms with Gasteiger partial charge < -0.3 is 15.3 Å². The van der Waals surface area contributed by atoms with Crippen molar-refractivity contribution in [1.29, 1.82) is 0 Å². The summed E-state index contributed by atoms with van der Waals surface area (Å²) in [5.41, 5.74) is 4.90. The molecule has 160 valence electrons. The Kier molecular flexibility index (Phi) is 8.88. The van der Waals surface area contributed by atoms with Gasteiger partial charge in [-0.25, -0.2) is 0 Å². The molecule has 1 aliphatic rings. The van der Waals surface area contributed by atoms with Gasteiger partial charge in [0.1, 0.15) is 0 Å². The van der Waals surface area contributed by atoms with E-state index in [1.165, 1.54) is 16.7 Å². The minimum atomic E-state index is -0.650. The number of unbranched alkanes of at least 4 members (excludes halogenated alkanes) is 2. The monoisotopic (exact) mass is 398 g/mol. The van der Waals surface area contributed by atoms with Crippen molar-refractivity contribution in [2.75, 3.05) is 0 Å². The van der Waals surface area contributed by atoms with Crippen LogP contribution in [0.4, 0.5) is 0 Å². The number of allylic oxidation sites excluding steroid dienone is 3. The Hall–Kier alpha value is -1.68. The molecule has 3 N–H and O–H groups in total. The van der Waals surface area contributed by atoms with Crippen LogP contribution in [0.15, 0.2) is 54.1 Å². The molecular weight excluding hydrogens is 360 g/mol. The third kappa shape index (κ3) is 7.93. The first-order valence-electron chi connectivity index (χ1n) is 11.0. The molecule has 2 atom stereocenters. The third-order valence-corrected chi connectivity index (χ3v) is 5.68.